The number of nitrogens with one attached hydrogen (secondary N) is 1. The topological polar surface area (TPSA) is 13.7 Å². The van der Waals surface area contributed by atoms with Crippen molar-refractivity contribution in [2.75, 3.05) is 27.2 Å². The maximum Gasteiger partial charge on any atom is 0.123 e. The molecule has 0 radical (unpaired) electrons. The molecule has 0 saturated heterocycles. The molecule has 3 heteroatoms. The van der Waals surface area contributed by atoms with E-state index < -0.39 is 5.60 Å². The number of quaternary nitrogens is 1. The van der Waals surface area contributed by atoms with Gasteiger partial charge >= 0.3 is 0 Å². The minimum atomic E-state index is -0.453. The first-order valence-corrected chi connectivity index (χ1v) is 8.42. The van der Waals surface area contributed by atoms with Gasteiger partial charge in [0, 0.05) is 0 Å². The van der Waals surface area contributed by atoms with Gasteiger partial charge in [-0.25, -0.2) is 0 Å². The molecule has 2 nitrogen and oxygen atoms in total. The van der Waals surface area contributed by atoms with E-state index in [-0.39, 0.29) is 17.8 Å². The lowest BCUT2D eigenvalue weighted by atomic mass is 9.68. The second kappa shape index (κ2) is 8.66. The van der Waals surface area contributed by atoms with E-state index in [9.17, 15) is 0 Å². The molecule has 0 atom stereocenters. The van der Waals surface area contributed by atoms with Gasteiger partial charge in [-0.3, -0.25) is 0 Å². The summed E-state index contributed by atoms with van der Waals surface area (Å²) in [6, 6.07) is 21.2. The standard InChI is InChI=1S/C21H29NO.ClH/c1-20(2,3)21(23-17-16-22(4)5,18-12-8-6-9-13-18)19-14-10-7-11-15-19;/h6-15H,16-17H2,1-5H3;1H. The summed E-state index contributed by atoms with van der Waals surface area (Å²) < 4.78 is 6.66. The normalized spacial score (nSPS) is 12.1. The van der Waals surface area contributed by atoms with E-state index in [1.165, 1.54) is 16.0 Å². The minimum absolute atomic E-state index is 0. The quantitative estimate of drug-likeness (QED) is 0.785. The zero-order valence-corrected chi connectivity index (χ0v) is 16.2. The van der Waals surface area contributed by atoms with Crippen molar-refractivity contribution in [2.24, 2.45) is 5.41 Å². The largest absolute Gasteiger partial charge is 1.00 e. The predicted molar refractivity (Wildman–Crippen MR) is 96.7 cm³/mol. The SMILES string of the molecule is C[NH+](C)CCOC(c1ccccc1)(c1ccccc1)C(C)(C)C.[Cl-]. The van der Waals surface area contributed by atoms with Crippen LogP contribution in [0.25, 0.3) is 0 Å². The number of rotatable bonds is 6. The Bertz CT molecular complexity index is 551. The van der Waals surface area contributed by atoms with Crippen LogP contribution in [-0.2, 0) is 10.3 Å². The molecule has 132 valence electrons. The molecule has 0 spiro atoms. The van der Waals surface area contributed by atoms with Crippen molar-refractivity contribution in [3.8, 4) is 0 Å². The van der Waals surface area contributed by atoms with Crippen LogP contribution in [-0.4, -0.2) is 27.2 Å². The molecular weight excluding hydrogens is 318 g/mol. The van der Waals surface area contributed by atoms with Gasteiger partial charge in [-0.1, -0.05) is 81.4 Å². The maximum absolute atomic E-state index is 6.66. The van der Waals surface area contributed by atoms with Crippen LogP contribution >= 0.6 is 0 Å². The van der Waals surface area contributed by atoms with Gasteiger partial charge in [-0.15, -0.1) is 0 Å². The minimum Gasteiger partial charge on any atom is -1.00 e. The lowest BCUT2D eigenvalue weighted by Gasteiger charge is -2.45. The molecule has 0 fully saturated rings. The summed E-state index contributed by atoms with van der Waals surface area (Å²) in [5.74, 6) is 0. The van der Waals surface area contributed by atoms with Crippen molar-refractivity contribution < 1.29 is 22.0 Å². The number of benzene rings is 2. The molecule has 0 saturated carbocycles. The van der Waals surface area contributed by atoms with Crippen LogP contribution < -0.4 is 17.3 Å². The van der Waals surface area contributed by atoms with E-state index in [2.05, 4.69) is 95.5 Å². The Morgan fingerprint density at radius 3 is 1.54 bits per heavy atom. The van der Waals surface area contributed by atoms with E-state index in [0.29, 0.717) is 0 Å². The van der Waals surface area contributed by atoms with E-state index in [0.717, 1.165) is 13.2 Å². The second-order valence-corrected chi connectivity index (χ2v) is 7.47. The van der Waals surface area contributed by atoms with Gasteiger partial charge in [0.1, 0.15) is 12.1 Å². The molecule has 2 rings (SSSR count). The summed E-state index contributed by atoms with van der Waals surface area (Å²) >= 11 is 0. The third-order valence-corrected chi connectivity index (χ3v) is 4.34. The van der Waals surface area contributed by atoms with Crippen LogP contribution in [0.2, 0.25) is 0 Å². The van der Waals surface area contributed by atoms with Gasteiger partial charge in [0.2, 0.25) is 0 Å². The molecule has 0 unspecified atom stereocenters. The maximum atomic E-state index is 6.66. The van der Waals surface area contributed by atoms with Gasteiger partial charge < -0.3 is 22.0 Å². The molecule has 0 aliphatic carbocycles. The van der Waals surface area contributed by atoms with Crippen molar-refractivity contribution in [1.29, 1.82) is 0 Å². The zero-order valence-electron chi connectivity index (χ0n) is 15.5. The molecule has 0 aromatic heterocycles. The molecule has 24 heavy (non-hydrogen) atoms. The van der Waals surface area contributed by atoms with Crippen molar-refractivity contribution >= 4 is 0 Å². The third kappa shape index (κ3) is 4.38. The van der Waals surface area contributed by atoms with E-state index >= 15 is 0 Å². The van der Waals surface area contributed by atoms with Crippen molar-refractivity contribution in [2.45, 2.75) is 26.4 Å². The summed E-state index contributed by atoms with van der Waals surface area (Å²) in [5, 5.41) is 0. The van der Waals surface area contributed by atoms with Gasteiger partial charge in [0.25, 0.3) is 0 Å². The first-order chi connectivity index (χ1) is 10.9. The van der Waals surface area contributed by atoms with Gasteiger partial charge in [0.15, 0.2) is 0 Å². The van der Waals surface area contributed by atoms with Gasteiger partial charge in [-0.2, -0.15) is 0 Å². The first kappa shape index (κ1) is 20.7. The Balaban J connectivity index is 0.00000288. The number of halogens is 1. The highest BCUT2D eigenvalue weighted by atomic mass is 35.5. The summed E-state index contributed by atoms with van der Waals surface area (Å²) in [7, 11) is 4.32. The highest BCUT2D eigenvalue weighted by molar-refractivity contribution is 5.38. The Morgan fingerprint density at radius 1 is 0.792 bits per heavy atom. The molecule has 2 aromatic rings. The van der Waals surface area contributed by atoms with Crippen LogP contribution in [0.5, 0.6) is 0 Å². The fourth-order valence-electron chi connectivity index (χ4n) is 3.17. The molecule has 2 aromatic carbocycles. The lowest BCUT2D eigenvalue weighted by molar-refractivity contribution is -0.859. The summed E-state index contributed by atoms with van der Waals surface area (Å²) in [4.78, 5) is 1.40. The molecule has 0 amide bonds. The molecular formula is C21H30ClNO. The molecule has 0 heterocycles. The highest BCUT2D eigenvalue weighted by Crippen LogP contribution is 2.47. The first-order valence-electron chi connectivity index (χ1n) is 8.42. The van der Waals surface area contributed by atoms with Crippen molar-refractivity contribution in [3.63, 3.8) is 0 Å². The van der Waals surface area contributed by atoms with E-state index in [4.69, 9.17) is 4.74 Å². The van der Waals surface area contributed by atoms with Gasteiger partial charge in [0.05, 0.1) is 20.7 Å². The number of ether oxygens (including phenoxy) is 1. The van der Waals surface area contributed by atoms with Crippen LogP contribution in [0, 0.1) is 5.41 Å². The predicted octanol–water partition coefficient (Wildman–Crippen LogP) is 0.141. The molecule has 0 aliphatic heterocycles. The molecule has 0 bridgehead atoms. The summed E-state index contributed by atoms with van der Waals surface area (Å²) in [6.45, 7) is 8.49. The van der Waals surface area contributed by atoms with Crippen LogP contribution in [0.3, 0.4) is 0 Å². The van der Waals surface area contributed by atoms with Crippen LogP contribution in [0.15, 0.2) is 60.7 Å². The molecule has 1 N–H and O–H groups in total. The average molecular weight is 348 g/mol. The average Bonchev–Trinajstić information content (AvgIpc) is 2.52. The molecule has 0 aliphatic rings. The van der Waals surface area contributed by atoms with Crippen molar-refractivity contribution in [3.05, 3.63) is 71.8 Å². The third-order valence-electron chi connectivity index (χ3n) is 4.34. The highest BCUT2D eigenvalue weighted by Gasteiger charge is 2.46. The van der Waals surface area contributed by atoms with E-state index in [1.54, 1.807) is 0 Å². The van der Waals surface area contributed by atoms with Crippen LogP contribution in [0.1, 0.15) is 31.9 Å². The lowest BCUT2D eigenvalue weighted by Crippen LogP contribution is -3.06. The second-order valence-electron chi connectivity index (χ2n) is 7.47. The van der Waals surface area contributed by atoms with Crippen LogP contribution in [0.4, 0.5) is 0 Å². The number of hydrogen-bond donors (Lipinski definition) is 1. The number of hydrogen-bond acceptors (Lipinski definition) is 1. The summed E-state index contributed by atoms with van der Waals surface area (Å²) in [6.07, 6.45) is 0. The van der Waals surface area contributed by atoms with E-state index in [1.807, 2.05) is 0 Å². The Labute approximate surface area is 153 Å². The fraction of sp³-hybridized carbons (Fsp3) is 0.429. The fourth-order valence-corrected chi connectivity index (χ4v) is 3.17. The smallest absolute Gasteiger partial charge is 0.123 e. The Morgan fingerprint density at radius 2 is 1.21 bits per heavy atom. The van der Waals surface area contributed by atoms with Crippen molar-refractivity contribution in [1.82, 2.24) is 0 Å². The Kier molecular flexibility index (Phi) is 7.47. The monoisotopic (exact) mass is 347 g/mol. The summed E-state index contributed by atoms with van der Waals surface area (Å²) in [5.41, 5.74) is 1.91. The zero-order chi connectivity index (χ0) is 16.9. The number of likely N-dealkylation sites (N-methyl/N-ethyl adjacent to an activating group) is 1. The Hall–Kier alpha value is -1.35. The van der Waals surface area contributed by atoms with Gasteiger partial charge in [-0.05, 0) is 16.5 Å².